The van der Waals surface area contributed by atoms with Gasteiger partial charge in [0.15, 0.2) is 0 Å². The number of nitrogens with two attached hydrogens (primary N) is 1. The average Bonchev–Trinajstić information content (AvgIpc) is 3.08. The van der Waals surface area contributed by atoms with Gasteiger partial charge in [0, 0.05) is 11.9 Å². The summed E-state index contributed by atoms with van der Waals surface area (Å²) in [4.78, 5) is 8.38. The fourth-order valence-corrected chi connectivity index (χ4v) is 2.23. The van der Waals surface area contributed by atoms with E-state index in [0.29, 0.717) is 17.8 Å². The van der Waals surface area contributed by atoms with E-state index in [-0.39, 0.29) is 11.7 Å². The lowest BCUT2D eigenvalue weighted by Crippen LogP contribution is -1.94. The Morgan fingerprint density at radius 2 is 2.11 bits per heavy atom. The van der Waals surface area contributed by atoms with Gasteiger partial charge in [0.1, 0.15) is 16.5 Å². The minimum Gasteiger partial charge on any atom is -0.332 e. The van der Waals surface area contributed by atoms with E-state index in [2.05, 4.69) is 15.1 Å². The SMILES string of the molecule is NCc1nc(-c2nc(-c3ccccc3F)no2)cs1. The lowest BCUT2D eigenvalue weighted by molar-refractivity contribution is 0.430. The second-order valence-electron chi connectivity index (χ2n) is 3.73. The molecule has 2 aromatic heterocycles. The van der Waals surface area contributed by atoms with E-state index in [1.54, 1.807) is 23.6 Å². The molecule has 7 heteroatoms. The van der Waals surface area contributed by atoms with E-state index in [4.69, 9.17) is 10.3 Å². The van der Waals surface area contributed by atoms with Crippen LogP contribution in [0.3, 0.4) is 0 Å². The minimum absolute atomic E-state index is 0.204. The van der Waals surface area contributed by atoms with Crippen LogP contribution in [-0.4, -0.2) is 15.1 Å². The maximum atomic E-state index is 13.6. The molecule has 0 saturated carbocycles. The Bertz CT molecular complexity index is 709. The summed E-state index contributed by atoms with van der Waals surface area (Å²) in [5.41, 5.74) is 6.34. The highest BCUT2D eigenvalue weighted by Crippen LogP contribution is 2.24. The van der Waals surface area contributed by atoms with Gasteiger partial charge in [0.05, 0.1) is 5.56 Å². The van der Waals surface area contributed by atoms with Crippen molar-refractivity contribution in [2.45, 2.75) is 6.54 Å². The predicted molar refractivity (Wildman–Crippen MR) is 68.7 cm³/mol. The van der Waals surface area contributed by atoms with E-state index >= 15 is 0 Å². The molecule has 2 N–H and O–H groups in total. The topological polar surface area (TPSA) is 77.8 Å². The number of rotatable bonds is 3. The van der Waals surface area contributed by atoms with Crippen LogP contribution in [0.4, 0.5) is 4.39 Å². The van der Waals surface area contributed by atoms with Crippen molar-refractivity contribution in [1.29, 1.82) is 0 Å². The molecule has 0 amide bonds. The molecule has 1 aromatic carbocycles. The van der Waals surface area contributed by atoms with Crippen molar-refractivity contribution in [2.24, 2.45) is 5.73 Å². The van der Waals surface area contributed by atoms with Crippen molar-refractivity contribution in [3.63, 3.8) is 0 Å². The Balaban J connectivity index is 1.97. The number of thiazole rings is 1. The van der Waals surface area contributed by atoms with Gasteiger partial charge < -0.3 is 10.3 Å². The molecule has 0 spiro atoms. The Kier molecular flexibility index (Phi) is 3.06. The average molecular weight is 276 g/mol. The number of aromatic nitrogens is 3. The number of benzene rings is 1. The van der Waals surface area contributed by atoms with E-state index in [1.165, 1.54) is 17.4 Å². The third-order valence-corrected chi connectivity index (χ3v) is 3.36. The number of hydrogen-bond acceptors (Lipinski definition) is 6. The Hall–Kier alpha value is -2.12. The van der Waals surface area contributed by atoms with Crippen LogP contribution in [0, 0.1) is 5.82 Å². The van der Waals surface area contributed by atoms with Gasteiger partial charge in [-0.05, 0) is 12.1 Å². The van der Waals surface area contributed by atoms with E-state index in [1.807, 2.05) is 0 Å². The summed E-state index contributed by atoms with van der Waals surface area (Å²) in [6.07, 6.45) is 0. The molecule has 19 heavy (non-hydrogen) atoms. The molecule has 2 heterocycles. The molecule has 0 atom stereocenters. The molecule has 96 valence electrons. The fourth-order valence-electron chi connectivity index (χ4n) is 1.58. The predicted octanol–water partition coefficient (Wildman–Crippen LogP) is 2.46. The van der Waals surface area contributed by atoms with Crippen LogP contribution in [0.5, 0.6) is 0 Å². The molecule has 0 aliphatic rings. The van der Waals surface area contributed by atoms with Gasteiger partial charge in [0.25, 0.3) is 5.89 Å². The van der Waals surface area contributed by atoms with Gasteiger partial charge in [-0.1, -0.05) is 17.3 Å². The number of halogens is 1. The molecule has 0 aliphatic heterocycles. The summed E-state index contributed by atoms with van der Waals surface area (Å²) in [5.74, 6) is 0.0698. The summed E-state index contributed by atoms with van der Waals surface area (Å²) in [6.45, 7) is 0.360. The normalized spacial score (nSPS) is 10.8. The van der Waals surface area contributed by atoms with Crippen LogP contribution < -0.4 is 5.73 Å². The zero-order chi connectivity index (χ0) is 13.2. The minimum atomic E-state index is -0.393. The molecule has 0 fully saturated rings. The van der Waals surface area contributed by atoms with Crippen LogP contribution >= 0.6 is 11.3 Å². The first kappa shape index (κ1) is 11.9. The van der Waals surface area contributed by atoms with Gasteiger partial charge in [-0.25, -0.2) is 9.37 Å². The lowest BCUT2D eigenvalue weighted by Gasteiger charge is -1.94. The molecular weight excluding hydrogens is 267 g/mol. The lowest BCUT2D eigenvalue weighted by atomic mass is 10.2. The van der Waals surface area contributed by atoms with Gasteiger partial charge in [-0.15, -0.1) is 11.3 Å². The maximum absolute atomic E-state index is 13.6. The molecule has 3 rings (SSSR count). The Morgan fingerprint density at radius 3 is 2.84 bits per heavy atom. The van der Waals surface area contributed by atoms with E-state index in [0.717, 1.165) is 5.01 Å². The summed E-state index contributed by atoms with van der Waals surface area (Å²) in [5, 5.41) is 6.32. The highest BCUT2D eigenvalue weighted by molar-refractivity contribution is 7.09. The Labute approximate surface area is 111 Å². The van der Waals surface area contributed by atoms with Gasteiger partial charge >= 0.3 is 0 Å². The fraction of sp³-hybridized carbons (Fsp3) is 0.0833. The summed E-state index contributed by atoms with van der Waals surface area (Å²) >= 11 is 1.41. The molecule has 0 saturated heterocycles. The summed E-state index contributed by atoms with van der Waals surface area (Å²) < 4.78 is 18.7. The first-order valence-electron chi connectivity index (χ1n) is 5.51. The maximum Gasteiger partial charge on any atom is 0.277 e. The van der Waals surface area contributed by atoms with Crippen molar-refractivity contribution >= 4 is 11.3 Å². The van der Waals surface area contributed by atoms with Gasteiger partial charge in [0.2, 0.25) is 5.82 Å². The molecule has 0 unspecified atom stereocenters. The highest BCUT2D eigenvalue weighted by Gasteiger charge is 2.15. The molecule has 0 aliphatic carbocycles. The van der Waals surface area contributed by atoms with Crippen molar-refractivity contribution in [1.82, 2.24) is 15.1 Å². The molecule has 3 aromatic rings. The van der Waals surface area contributed by atoms with Crippen molar-refractivity contribution < 1.29 is 8.91 Å². The van der Waals surface area contributed by atoms with Gasteiger partial charge in [-0.2, -0.15) is 4.98 Å². The van der Waals surface area contributed by atoms with E-state index in [9.17, 15) is 4.39 Å². The zero-order valence-corrected chi connectivity index (χ0v) is 10.5. The number of hydrogen-bond donors (Lipinski definition) is 1. The van der Waals surface area contributed by atoms with Crippen molar-refractivity contribution in [3.8, 4) is 23.0 Å². The van der Waals surface area contributed by atoms with Crippen LogP contribution in [0.2, 0.25) is 0 Å². The first-order chi connectivity index (χ1) is 9.28. The molecule has 0 radical (unpaired) electrons. The molecule has 5 nitrogen and oxygen atoms in total. The monoisotopic (exact) mass is 276 g/mol. The zero-order valence-electron chi connectivity index (χ0n) is 9.71. The number of nitrogens with zero attached hydrogens (tertiary/aromatic N) is 3. The smallest absolute Gasteiger partial charge is 0.277 e. The first-order valence-corrected chi connectivity index (χ1v) is 6.39. The van der Waals surface area contributed by atoms with Crippen LogP contribution in [0.25, 0.3) is 23.0 Å². The van der Waals surface area contributed by atoms with Crippen molar-refractivity contribution in [2.75, 3.05) is 0 Å². The summed E-state index contributed by atoms with van der Waals surface area (Å²) in [6, 6.07) is 6.26. The second-order valence-corrected chi connectivity index (χ2v) is 4.68. The van der Waals surface area contributed by atoms with Crippen molar-refractivity contribution in [3.05, 3.63) is 40.5 Å². The summed E-state index contributed by atoms with van der Waals surface area (Å²) in [7, 11) is 0. The van der Waals surface area contributed by atoms with E-state index < -0.39 is 5.82 Å². The highest BCUT2D eigenvalue weighted by atomic mass is 32.1. The largest absolute Gasteiger partial charge is 0.332 e. The third kappa shape index (κ3) is 2.25. The van der Waals surface area contributed by atoms with Crippen LogP contribution in [0.1, 0.15) is 5.01 Å². The molecular formula is C12H9FN4OS. The second kappa shape index (κ2) is 4.87. The molecule has 0 bridgehead atoms. The van der Waals surface area contributed by atoms with Crippen LogP contribution in [0.15, 0.2) is 34.2 Å². The third-order valence-electron chi connectivity index (χ3n) is 2.49. The quantitative estimate of drug-likeness (QED) is 0.795. The van der Waals surface area contributed by atoms with Crippen LogP contribution in [-0.2, 0) is 6.54 Å². The standard InChI is InChI=1S/C12H9FN4OS/c13-8-4-2-1-3-7(8)11-16-12(18-17-11)9-6-19-10(5-14)15-9/h1-4,6H,5,14H2. The van der Waals surface area contributed by atoms with Gasteiger partial charge in [-0.3, -0.25) is 0 Å². The Morgan fingerprint density at radius 1 is 1.26 bits per heavy atom.